The Bertz CT molecular complexity index is 619. The minimum absolute atomic E-state index is 0.114. The number of ether oxygens (including phenoxy) is 2. The van der Waals surface area contributed by atoms with Crippen LogP contribution in [0.25, 0.3) is 11.1 Å². The lowest BCUT2D eigenvalue weighted by atomic mass is 10.0. The number of rotatable bonds is 4. The van der Waals surface area contributed by atoms with Gasteiger partial charge >= 0.3 is 5.97 Å². The van der Waals surface area contributed by atoms with Gasteiger partial charge in [0, 0.05) is 24.2 Å². The van der Waals surface area contributed by atoms with Crippen molar-refractivity contribution in [1.29, 1.82) is 0 Å². The summed E-state index contributed by atoms with van der Waals surface area (Å²) in [6, 6.07) is 5.20. The van der Waals surface area contributed by atoms with E-state index in [1.807, 2.05) is 0 Å². The van der Waals surface area contributed by atoms with Crippen LogP contribution < -0.4 is 9.47 Å². The summed E-state index contributed by atoms with van der Waals surface area (Å²) in [5.74, 6) is 0.143. The van der Waals surface area contributed by atoms with Crippen LogP contribution in [0.5, 0.6) is 11.5 Å². The van der Waals surface area contributed by atoms with E-state index in [0.717, 1.165) is 0 Å². The van der Waals surface area contributed by atoms with E-state index in [-0.39, 0.29) is 5.69 Å². The van der Waals surface area contributed by atoms with Crippen molar-refractivity contribution < 1.29 is 19.4 Å². The van der Waals surface area contributed by atoms with Crippen LogP contribution in [0.4, 0.5) is 0 Å². The summed E-state index contributed by atoms with van der Waals surface area (Å²) in [5.41, 5.74) is 1.28. The maximum atomic E-state index is 11.3. The number of benzene rings is 1. The Morgan fingerprint density at radius 2 is 2.00 bits per heavy atom. The van der Waals surface area contributed by atoms with Gasteiger partial charge in [0.2, 0.25) is 0 Å². The van der Waals surface area contributed by atoms with E-state index in [9.17, 15) is 9.90 Å². The molecule has 0 unspecified atom stereocenters. The lowest BCUT2D eigenvalue weighted by Gasteiger charge is -2.10. The second-order valence-corrected chi connectivity index (χ2v) is 3.90. The van der Waals surface area contributed by atoms with Gasteiger partial charge in [0.25, 0.3) is 0 Å². The van der Waals surface area contributed by atoms with Crippen molar-refractivity contribution in [3.8, 4) is 22.6 Å². The van der Waals surface area contributed by atoms with Crippen LogP contribution >= 0.6 is 0 Å². The van der Waals surface area contributed by atoms with E-state index in [0.29, 0.717) is 22.6 Å². The maximum Gasteiger partial charge on any atom is 0.354 e. The number of carboxylic acid groups (broad SMARTS) is 1. The zero-order chi connectivity index (χ0) is 14.0. The number of methoxy groups -OCH3 is 2. The SMILES string of the molecule is COc1ccc(-c2cnn(C)c2C(=O)O)c(OC)c1. The van der Waals surface area contributed by atoms with Crippen molar-refractivity contribution in [1.82, 2.24) is 9.78 Å². The second-order valence-electron chi connectivity index (χ2n) is 3.90. The Morgan fingerprint density at radius 1 is 1.26 bits per heavy atom. The zero-order valence-electron chi connectivity index (χ0n) is 10.9. The van der Waals surface area contributed by atoms with E-state index in [4.69, 9.17) is 9.47 Å². The number of aromatic carboxylic acids is 1. The molecule has 0 fully saturated rings. The van der Waals surface area contributed by atoms with Gasteiger partial charge in [-0.2, -0.15) is 5.10 Å². The average molecular weight is 262 g/mol. The molecule has 2 aromatic rings. The quantitative estimate of drug-likeness (QED) is 0.909. The van der Waals surface area contributed by atoms with Crippen LogP contribution in [0.1, 0.15) is 10.5 Å². The van der Waals surface area contributed by atoms with Gasteiger partial charge in [0.05, 0.1) is 20.4 Å². The molecule has 0 atom stereocenters. The van der Waals surface area contributed by atoms with Crippen LogP contribution in [0, 0.1) is 0 Å². The van der Waals surface area contributed by atoms with Crippen LogP contribution in [0.3, 0.4) is 0 Å². The minimum Gasteiger partial charge on any atom is -0.497 e. The third-order valence-corrected chi connectivity index (χ3v) is 2.84. The number of carbonyl (C=O) groups is 1. The molecule has 0 saturated carbocycles. The first-order chi connectivity index (χ1) is 9.08. The maximum absolute atomic E-state index is 11.3. The van der Waals surface area contributed by atoms with Crippen molar-refractivity contribution in [2.24, 2.45) is 7.05 Å². The molecule has 0 aliphatic heterocycles. The number of aryl methyl sites for hydroxylation is 1. The Hall–Kier alpha value is -2.50. The lowest BCUT2D eigenvalue weighted by molar-refractivity contribution is 0.0686. The fourth-order valence-electron chi connectivity index (χ4n) is 1.91. The summed E-state index contributed by atoms with van der Waals surface area (Å²) >= 11 is 0. The first kappa shape index (κ1) is 12.9. The number of hydrogen-bond donors (Lipinski definition) is 1. The molecule has 0 spiro atoms. The van der Waals surface area contributed by atoms with Gasteiger partial charge < -0.3 is 14.6 Å². The molecule has 1 N–H and O–H groups in total. The van der Waals surface area contributed by atoms with Gasteiger partial charge in [0.15, 0.2) is 5.69 Å². The van der Waals surface area contributed by atoms with Crippen molar-refractivity contribution in [3.63, 3.8) is 0 Å². The predicted molar refractivity (Wildman–Crippen MR) is 68.7 cm³/mol. The molecule has 0 aliphatic rings. The van der Waals surface area contributed by atoms with E-state index in [1.54, 1.807) is 32.4 Å². The minimum atomic E-state index is -1.03. The smallest absolute Gasteiger partial charge is 0.354 e. The summed E-state index contributed by atoms with van der Waals surface area (Å²) in [6.07, 6.45) is 1.51. The van der Waals surface area contributed by atoms with Gasteiger partial charge in [-0.1, -0.05) is 0 Å². The van der Waals surface area contributed by atoms with Crippen LogP contribution in [0.15, 0.2) is 24.4 Å². The molecular formula is C13H14N2O4. The van der Waals surface area contributed by atoms with Crippen LogP contribution in [-0.2, 0) is 7.05 Å². The molecule has 6 heteroatoms. The largest absolute Gasteiger partial charge is 0.497 e. The Labute approximate surface area is 110 Å². The monoisotopic (exact) mass is 262 g/mol. The fourth-order valence-corrected chi connectivity index (χ4v) is 1.91. The van der Waals surface area contributed by atoms with Crippen molar-refractivity contribution in [2.45, 2.75) is 0 Å². The van der Waals surface area contributed by atoms with Gasteiger partial charge in [-0.25, -0.2) is 4.79 Å². The molecule has 1 heterocycles. The zero-order valence-corrected chi connectivity index (χ0v) is 10.9. The number of carboxylic acids is 1. The number of nitrogens with zero attached hydrogens (tertiary/aromatic N) is 2. The molecule has 19 heavy (non-hydrogen) atoms. The molecule has 0 saturated heterocycles. The number of hydrogen-bond acceptors (Lipinski definition) is 4. The Balaban J connectivity index is 2.62. The summed E-state index contributed by atoms with van der Waals surface area (Å²) < 4.78 is 11.7. The van der Waals surface area contributed by atoms with Gasteiger partial charge in [0.1, 0.15) is 11.5 Å². The predicted octanol–water partition coefficient (Wildman–Crippen LogP) is 1.80. The van der Waals surface area contributed by atoms with Gasteiger partial charge in [-0.05, 0) is 12.1 Å². The average Bonchev–Trinajstić information content (AvgIpc) is 2.79. The van der Waals surface area contributed by atoms with Crippen molar-refractivity contribution >= 4 is 5.97 Å². The van der Waals surface area contributed by atoms with Crippen molar-refractivity contribution in [3.05, 3.63) is 30.1 Å². The lowest BCUT2D eigenvalue weighted by Crippen LogP contribution is -2.07. The van der Waals surface area contributed by atoms with Crippen molar-refractivity contribution in [2.75, 3.05) is 14.2 Å². The molecule has 1 aromatic heterocycles. The Morgan fingerprint density at radius 3 is 2.58 bits per heavy atom. The topological polar surface area (TPSA) is 73.6 Å². The molecule has 0 bridgehead atoms. The van der Waals surface area contributed by atoms with Gasteiger partial charge in [-0.15, -0.1) is 0 Å². The Kier molecular flexibility index (Phi) is 3.41. The molecule has 100 valence electrons. The highest BCUT2D eigenvalue weighted by Crippen LogP contribution is 2.34. The highest BCUT2D eigenvalue weighted by atomic mass is 16.5. The fraction of sp³-hybridized carbons (Fsp3) is 0.231. The number of aromatic nitrogens is 2. The van der Waals surface area contributed by atoms with E-state index in [1.165, 1.54) is 18.0 Å². The molecule has 6 nitrogen and oxygen atoms in total. The van der Waals surface area contributed by atoms with E-state index in [2.05, 4.69) is 5.10 Å². The van der Waals surface area contributed by atoms with Crippen LogP contribution in [-0.4, -0.2) is 35.1 Å². The highest BCUT2D eigenvalue weighted by molar-refractivity contribution is 5.95. The second kappa shape index (κ2) is 5.01. The van der Waals surface area contributed by atoms with E-state index >= 15 is 0 Å². The summed E-state index contributed by atoms with van der Waals surface area (Å²) in [5, 5.41) is 13.2. The molecule has 0 radical (unpaired) electrons. The molecule has 0 amide bonds. The van der Waals surface area contributed by atoms with E-state index < -0.39 is 5.97 Å². The normalized spacial score (nSPS) is 10.3. The van der Waals surface area contributed by atoms with Crippen LogP contribution in [0.2, 0.25) is 0 Å². The summed E-state index contributed by atoms with van der Waals surface area (Å²) in [7, 11) is 4.67. The molecular weight excluding hydrogens is 248 g/mol. The van der Waals surface area contributed by atoms with Gasteiger partial charge in [-0.3, -0.25) is 4.68 Å². The summed E-state index contributed by atoms with van der Waals surface area (Å²) in [6.45, 7) is 0. The molecule has 2 rings (SSSR count). The third kappa shape index (κ3) is 2.24. The standard InChI is InChI=1S/C13H14N2O4/c1-15-12(13(16)17)10(7-14-15)9-5-4-8(18-2)6-11(9)19-3/h4-7H,1-3H3,(H,16,17). The summed E-state index contributed by atoms with van der Waals surface area (Å²) in [4.78, 5) is 11.3. The molecule has 0 aliphatic carbocycles. The first-order valence-corrected chi connectivity index (χ1v) is 5.56. The third-order valence-electron chi connectivity index (χ3n) is 2.84. The highest BCUT2D eigenvalue weighted by Gasteiger charge is 2.20. The molecule has 1 aromatic carbocycles. The first-order valence-electron chi connectivity index (χ1n) is 5.56.